The Balaban J connectivity index is 1.21. The molecule has 4 fully saturated rings. The van der Waals surface area contributed by atoms with E-state index in [0.717, 1.165) is 12.5 Å². The Bertz CT molecular complexity index is 1350. The van der Waals surface area contributed by atoms with E-state index in [1.807, 2.05) is 6.07 Å². The van der Waals surface area contributed by atoms with Crippen LogP contribution in [0.2, 0.25) is 0 Å². The smallest absolute Gasteiger partial charge is 0.331 e. The molecular formula is C32H40O16. The molecule has 16 atom stereocenters. The van der Waals surface area contributed by atoms with E-state index in [2.05, 4.69) is 0 Å². The van der Waals surface area contributed by atoms with E-state index in [0.29, 0.717) is 0 Å². The number of carbonyl (C=O) groups excluding carboxylic acids is 2. The highest BCUT2D eigenvalue weighted by Crippen LogP contribution is 2.61. The minimum atomic E-state index is -1.71. The summed E-state index contributed by atoms with van der Waals surface area (Å²) in [4.78, 5) is 25.1. The topological polar surface area (TPSA) is 233 Å². The van der Waals surface area contributed by atoms with Crippen LogP contribution in [0.25, 0.3) is 6.08 Å². The fourth-order valence-corrected chi connectivity index (χ4v) is 6.91. The number of benzene rings is 1. The lowest BCUT2D eigenvalue weighted by atomic mass is 9.85. The molecule has 264 valence electrons. The van der Waals surface area contributed by atoms with Crippen molar-refractivity contribution in [2.24, 2.45) is 11.8 Å². The van der Waals surface area contributed by atoms with Gasteiger partial charge in [0.15, 0.2) is 24.8 Å². The lowest BCUT2D eigenvalue weighted by Gasteiger charge is -2.44. The van der Waals surface area contributed by atoms with E-state index in [-0.39, 0.29) is 0 Å². The van der Waals surface area contributed by atoms with E-state index < -0.39 is 122 Å². The second-order valence-corrected chi connectivity index (χ2v) is 12.4. The van der Waals surface area contributed by atoms with Gasteiger partial charge in [-0.2, -0.15) is 0 Å². The maximum Gasteiger partial charge on any atom is 0.331 e. The van der Waals surface area contributed by atoms with Gasteiger partial charge in [0.1, 0.15) is 42.2 Å². The average Bonchev–Trinajstić information content (AvgIpc) is 3.75. The number of hydrogen-bond acceptors (Lipinski definition) is 16. The van der Waals surface area contributed by atoms with Gasteiger partial charge in [-0.1, -0.05) is 30.3 Å². The van der Waals surface area contributed by atoms with Gasteiger partial charge in [0, 0.05) is 18.9 Å². The van der Waals surface area contributed by atoms with Crippen molar-refractivity contribution < 1.29 is 78.1 Å². The zero-order chi connectivity index (χ0) is 34.3. The molecule has 1 saturated carbocycles. The van der Waals surface area contributed by atoms with Gasteiger partial charge >= 0.3 is 11.9 Å². The van der Waals surface area contributed by atoms with E-state index >= 15 is 0 Å². The first-order chi connectivity index (χ1) is 23.0. The Morgan fingerprint density at radius 3 is 2.31 bits per heavy atom. The summed E-state index contributed by atoms with van der Waals surface area (Å²) in [7, 11) is 0. The molecule has 6 rings (SSSR count). The van der Waals surface area contributed by atoms with Crippen molar-refractivity contribution in [1.82, 2.24) is 0 Å². The van der Waals surface area contributed by atoms with Crippen molar-refractivity contribution in [3.05, 3.63) is 54.3 Å². The molecule has 1 aliphatic carbocycles. The zero-order valence-corrected chi connectivity index (χ0v) is 26.0. The lowest BCUT2D eigenvalue weighted by Crippen LogP contribution is -2.61. The first kappa shape index (κ1) is 34.8. The minimum absolute atomic E-state index is 0.494. The van der Waals surface area contributed by atoms with Crippen LogP contribution in [0.4, 0.5) is 0 Å². The number of esters is 2. The molecule has 5 aliphatic rings. The molecule has 1 aromatic carbocycles. The molecular weight excluding hydrogens is 640 g/mol. The summed E-state index contributed by atoms with van der Waals surface area (Å²) in [5.41, 5.74) is -0.511. The molecule has 0 amide bonds. The molecule has 6 N–H and O–H groups in total. The monoisotopic (exact) mass is 680 g/mol. The number of epoxide rings is 1. The molecule has 16 heteroatoms. The normalized spacial score (nSPS) is 44.8. The number of fused-ring (bicyclic) bond motifs is 3. The molecule has 0 aromatic heterocycles. The predicted octanol–water partition coefficient (Wildman–Crippen LogP) is -1.90. The fraction of sp³-hybridized carbons (Fsp3) is 0.625. The molecule has 4 heterocycles. The Labute approximate surface area is 275 Å². The van der Waals surface area contributed by atoms with Crippen molar-refractivity contribution in [3.63, 3.8) is 0 Å². The van der Waals surface area contributed by atoms with Crippen LogP contribution in [0.5, 0.6) is 0 Å². The Morgan fingerprint density at radius 2 is 1.62 bits per heavy atom. The van der Waals surface area contributed by atoms with Crippen molar-refractivity contribution in [3.8, 4) is 0 Å². The van der Waals surface area contributed by atoms with Crippen LogP contribution >= 0.6 is 0 Å². The number of ether oxygens (including phenoxy) is 8. The van der Waals surface area contributed by atoms with Crippen LogP contribution in [0.1, 0.15) is 19.4 Å². The summed E-state index contributed by atoms with van der Waals surface area (Å²) in [6.07, 6.45) is -11.4. The number of rotatable bonds is 10. The predicted molar refractivity (Wildman–Crippen MR) is 157 cm³/mol. The standard InChI is InChI=1S/C32H40O16/c1-14-21(37)26(45-19(36)9-8-16-6-4-3-5-7-16)27(43-15(2)35)31(42-14)46-25-17-10-11-41-29(20(17)32(13-34)28(25)48-32)47-30-24(40)23(39)22(38)18(12-33)44-30/h3-11,14,17-18,20-31,33-34,37-40H,12-13H2,1-2H3/t14-,17+,18+,20+,21-,22+,23-,24+,25-,26+,27+,28-,29-,30-,31-,32+/m0/s1. The highest BCUT2D eigenvalue weighted by Gasteiger charge is 2.77. The number of carbonyl (C=O) groups is 2. The molecule has 0 unspecified atom stereocenters. The second kappa shape index (κ2) is 14.1. The summed E-state index contributed by atoms with van der Waals surface area (Å²) in [5.74, 6) is -2.92. The van der Waals surface area contributed by atoms with Gasteiger partial charge in [0.2, 0.25) is 6.29 Å². The summed E-state index contributed by atoms with van der Waals surface area (Å²) in [6, 6.07) is 8.99. The number of aliphatic hydroxyl groups is 6. The number of aliphatic hydroxyl groups excluding tert-OH is 6. The van der Waals surface area contributed by atoms with Crippen LogP contribution in [-0.2, 0) is 47.5 Å². The maximum atomic E-state index is 12.8. The van der Waals surface area contributed by atoms with Crippen molar-refractivity contribution >= 4 is 18.0 Å². The van der Waals surface area contributed by atoms with Crippen molar-refractivity contribution in [2.75, 3.05) is 13.2 Å². The second-order valence-electron chi connectivity index (χ2n) is 12.4. The van der Waals surface area contributed by atoms with Crippen LogP contribution in [0.3, 0.4) is 0 Å². The molecule has 0 spiro atoms. The Hall–Kier alpha value is -3.00. The van der Waals surface area contributed by atoms with Gasteiger partial charge in [-0.3, -0.25) is 4.79 Å². The highest BCUT2D eigenvalue weighted by molar-refractivity contribution is 5.87. The summed E-state index contributed by atoms with van der Waals surface area (Å²) >= 11 is 0. The molecule has 4 aliphatic heterocycles. The molecule has 0 bridgehead atoms. The zero-order valence-electron chi connectivity index (χ0n) is 26.0. The Kier molecular flexibility index (Phi) is 10.2. The Morgan fingerprint density at radius 1 is 0.875 bits per heavy atom. The van der Waals surface area contributed by atoms with Gasteiger partial charge < -0.3 is 68.5 Å². The van der Waals surface area contributed by atoms with E-state index in [9.17, 15) is 40.2 Å². The molecule has 1 aromatic rings. The van der Waals surface area contributed by atoms with Crippen LogP contribution in [-0.4, -0.2) is 141 Å². The summed E-state index contributed by atoms with van der Waals surface area (Å²) in [6.45, 7) is 1.52. The van der Waals surface area contributed by atoms with E-state index in [4.69, 9.17) is 37.9 Å². The van der Waals surface area contributed by atoms with Gasteiger partial charge in [0.05, 0.1) is 37.6 Å². The molecule has 16 nitrogen and oxygen atoms in total. The van der Waals surface area contributed by atoms with Crippen molar-refractivity contribution in [2.45, 2.75) is 99.4 Å². The third-order valence-corrected chi connectivity index (χ3v) is 9.41. The third kappa shape index (κ3) is 6.50. The van der Waals surface area contributed by atoms with Crippen LogP contribution in [0, 0.1) is 11.8 Å². The van der Waals surface area contributed by atoms with E-state index in [1.165, 1.54) is 25.3 Å². The molecule has 3 saturated heterocycles. The molecule has 48 heavy (non-hydrogen) atoms. The first-order valence-electron chi connectivity index (χ1n) is 15.7. The first-order valence-corrected chi connectivity index (χ1v) is 15.7. The minimum Gasteiger partial charge on any atom is -0.472 e. The van der Waals surface area contributed by atoms with Gasteiger partial charge in [-0.25, -0.2) is 4.79 Å². The maximum absolute atomic E-state index is 12.8. The number of hydrogen-bond donors (Lipinski definition) is 6. The van der Waals surface area contributed by atoms with Gasteiger partial charge in [-0.15, -0.1) is 0 Å². The average molecular weight is 681 g/mol. The van der Waals surface area contributed by atoms with Crippen LogP contribution < -0.4 is 0 Å². The summed E-state index contributed by atoms with van der Waals surface area (Å²) in [5, 5.41) is 62.0. The quantitative estimate of drug-likeness (QED) is 0.0900. The van der Waals surface area contributed by atoms with Crippen LogP contribution in [0.15, 0.2) is 48.7 Å². The van der Waals surface area contributed by atoms with Gasteiger partial charge in [-0.05, 0) is 24.6 Å². The highest BCUT2D eigenvalue weighted by atomic mass is 16.8. The SMILES string of the molecule is CC(=O)O[C@H]1[C@H](O[C@H]2[C@@H]3C=CO[C@@H](O[C@@H]4O[C@H](CO)[C@@H](O)[C@H](O)[C@H]4O)[C@@H]3[C@@]3(CO)O[C@@H]23)O[C@@H](C)[C@H](O)[C@H]1OC(=O)C=Cc1ccccc1. The summed E-state index contributed by atoms with van der Waals surface area (Å²) < 4.78 is 46.5. The fourth-order valence-electron chi connectivity index (χ4n) is 6.91. The van der Waals surface area contributed by atoms with E-state index in [1.54, 1.807) is 30.3 Å². The lowest BCUT2D eigenvalue weighted by molar-refractivity contribution is -0.347. The van der Waals surface area contributed by atoms with Gasteiger partial charge in [0.25, 0.3) is 0 Å². The largest absolute Gasteiger partial charge is 0.472 e. The molecule has 0 radical (unpaired) electrons. The third-order valence-electron chi connectivity index (χ3n) is 9.41. The van der Waals surface area contributed by atoms with Crippen molar-refractivity contribution in [1.29, 1.82) is 0 Å².